The number of aliphatic hydroxyl groups excluding tert-OH is 2. The number of rotatable bonds is 4. The topological polar surface area (TPSA) is 78.6 Å². The van der Waals surface area contributed by atoms with Crippen LogP contribution in [0.25, 0.3) is 5.69 Å². The Balaban J connectivity index is 1.45. The largest absolute Gasteiger partial charge is 0.396 e. The molecule has 0 radical (unpaired) electrons. The Kier molecular flexibility index (Phi) is 4.26. The molecule has 2 fully saturated rings. The number of hydrogen-bond acceptors (Lipinski definition) is 4. The summed E-state index contributed by atoms with van der Waals surface area (Å²) >= 11 is 0. The van der Waals surface area contributed by atoms with Crippen molar-refractivity contribution in [2.24, 2.45) is 11.3 Å². The Labute approximate surface area is 169 Å². The highest BCUT2D eigenvalue weighted by molar-refractivity contribution is 5.98. The summed E-state index contributed by atoms with van der Waals surface area (Å²) in [5.74, 6) is -0.107. The molecule has 1 aromatic heterocycles. The summed E-state index contributed by atoms with van der Waals surface area (Å²) in [6.07, 6.45) is 2.82. The van der Waals surface area contributed by atoms with Crippen molar-refractivity contribution in [3.05, 3.63) is 84.2 Å². The quantitative estimate of drug-likeness (QED) is 0.716. The number of benzene rings is 2. The van der Waals surface area contributed by atoms with Crippen LogP contribution in [0.3, 0.4) is 0 Å². The minimum atomic E-state index is -0.661. The number of aromatic nitrogens is 2. The predicted octanol–water partition coefficient (Wildman–Crippen LogP) is 2.08. The summed E-state index contributed by atoms with van der Waals surface area (Å²) in [7, 11) is 0. The van der Waals surface area contributed by atoms with Crippen LogP contribution in [0.1, 0.15) is 21.8 Å². The minimum Gasteiger partial charge on any atom is -0.396 e. The molecular formula is C23H23N3O3. The molecule has 0 bridgehead atoms. The summed E-state index contributed by atoms with van der Waals surface area (Å²) in [6.45, 7) is 0.708. The van der Waals surface area contributed by atoms with Crippen LogP contribution in [0, 0.1) is 11.3 Å². The third-order valence-electron chi connectivity index (χ3n) is 6.57. The monoisotopic (exact) mass is 389 g/mol. The fraction of sp³-hybridized carbons (Fsp3) is 0.304. The van der Waals surface area contributed by atoms with Gasteiger partial charge < -0.3 is 15.1 Å². The smallest absolute Gasteiger partial charge is 0.256 e. The molecule has 29 heavy (non-hydrogen) atoms. The number of hydrogen-bond donors (Lipinski definition) is 2. The Bertz CT molecular complexity index is 1020. The van der Waals surface area contributed by atoms with Crippen molar-refractivity contribution < 1.29 is 15.0 Å². The van der Waals surface area contributed by atoms with Gasteiger partial charge in [-0.3, -0.25) is 4.79 Å². The highest BCUT2D eigenvalue weighted by Gasteiger charge is 2.71. The minimum absolute atomic E-state index is 0.00251. The number of para-hydroxylation sites is 1. The van der Waals surface area contributed by atoms with Gasteiger partial charge in [0, 0.05) is 37.5 Å². The molecule has 3 aromatic rings. The first-order chi connectivity index (χ1) is 14.2. The van der Waals surface area contributed by atoms with Gasteiger partial charge in [0.1, 0.15) is 0 Å². The van der Waals surface area contributed by atoms with Gasteiger partial charge in [0.05, 0.1) is 17.4 Å². The second-order valence-corrected chi connectivity index (χ2v) is 7.96. The molecule has 148 valence electrons. The molecule has 1 aliphatic heterocycles. The first-order valence-electron chi connectivity index (χ1n) is 9.89. The zero-order valence-corrected chi connectivity index (χ0v) is 15.9. The lowest BCUT2D eigenvalue weighted by molar-refractivity contribution is 0.0764. The molecular weight excluding hydrogens is 366 g/mol. The first kappa shape index (κ1) is 18.1. The van der Waals surface area contributed by atoms with Crippen LogP contribution in [0.5, 0.6) is 0 Å². The molecule has 2 aliphatic rings. The first-order valence-corrected chi connectivity index (χ1v) is 9.89. The molecule has 1 saturated heterocycles. The van der Waals surface area contributed by atoms with E-state index in [1.165, 1.54) is 0 Å². The van der Waals surface area contributed by atoms with Crippen molar-refractivity contribution >= 4 is 5.91 Å². The summed E-state index contributed by atoms with van der Waals surface area (Å²) in [4.78, 5) is 15.1. The number of carbonyl (C=O) groups is 1. The van der Waals surface area contributed by atoms with Crippen LogP contribution in [-0.4, -0.2) is 56.6 Å². The molecule has 5 rings (SSSR count). The lowest BCUT2D eigenvalue weighted by Crippen LogP contribution is -2.30. The summed E-state index contributed by atoms with van der Waals surface area (Å²) in [6, 6.07) is 19.2. The molecule has 6 heteroatoms. The molecule has 2 aromatic carbocycles. The van der Waals surface area contributed by atoms with Gasteiger partial charge in [-0.05, 0) is 35.6 Å². The van der Waals surface area contributed by atoms with Gasteiger partial charge in [-0.15, -0.1) is 0 Å². The van der Waals surface area contributed by atoms with Crippen molar-refractivity contribution in [1.82, 2.24) is 14.7 Å². The maximum Gasteiger partial charge on any atom is 0.256 e. The van der Waals surface area contributed by atoms with Crippen LogP contribution in [0.2, 0.25) is 0 Å². The molecule has 1 spiro atoms. The van der Waals surface area contributed by atoms with Gasteiger partial charge in [-0.1, -0.05) is 42.5 Å². The Hall–Kier alpha value is -2.96. The summed E-state index contributed by atoms with van der Waals surface area (Å²) in [5, 5.41) is 25.2. The Morgan fingerprint density at radius 2 is 1.86 bits per heavy atom. The van der Waals surface area contributed by atoms with E-state index in [-0.39, 0.29) is 30.9 Å². The highest BCUT2D eigenvalue weighted by Crippen LogP contribution is 2.68. The zero-order valence-electron chi connectivity index (χ0n) is 15.9. The van der Waals surface area contributed by atoms with Crippen molar-refractivity contribution in [3.8, 4) is 5.69 Å². The van der Waals surface area contributed by atoms with Crippen molar-refractivity contribution in [2.75, 3.05) is 19.7 Å². The lowest BCUT2D eigenvalue weighted by atomic mass is 9.95. The van der Waals surface area contributed by atoms with Crippen LogP contribution in [0.15, 0.2) is 73.1 Å². The van der Waals surface area contributed by atoms with E-state index >= 15 is 0 Å². The van der Waals surface area contributed by atoms with Gasteiger partial charge in [-0.25, -0.2) is 4.68 Å². The van der Waals surface area contributed by atoms with E-state index in [1.807, 2.05) is 54.6 Å². The van der Waals surface area contributed by atoms with Crippen molar-refractivity contribution in [3.63, 3.8) is 0 Å². The molecule has 2 heterocycles. The normalized spacial score (nSPS) is 28.1. The lowest BCUT2D eigenvalue weighted by Gasteiger charge is -2.18. The van der Waals surface area contributed by atoms with Crippen molar-refractivity contribution in [2.45, 2.75) is 12.0 Å². The fourth-order valence-electron chi connectivity index (χ4n) is 5.16. The van der Waals surface area contributed by atoms with Gasteiger partial charge in [0.25, 0.3) is 5.91 Å². The van der Waals surface area contributed by atoms with Gasteiger partial charge >= 0.3 is 0 Å². The maximum atomic E-state index is 13.4. The van der Waals surface area contributed by atoms with Crippen LogP contribution >= 0.6 is 0 Å². The second-order valence-electron chi connectivity index (χ2n) is 7.96. The number of carbonyl (C=O) groups excluding carboxylic acids is 1. The van der Waals surface area contributed by atoms with Crippen LogP contribution in [0.4, 0.5) is 0 Å². The number of amides is 1. The van der Waals surface area contributed by atoms with Crippen LogP contribution < -0.4 is 0 Å². The third kappa shape index (κ3) is 2.71. The van der Waals surface area contributed by atoms with E-state index in [0.717, 1.165) is 5.56 Å². The SMILES string of the molecule is O=C(c1ccccc1-n1cccn1)N1C[C@H](O)[C@@]2(C1)[C@H](CO)[C@H]2c1ccccc1. The Morgan fingerprint density at radius 3 is 2.59 bits per heavy atom. The molecule has 6 nitrogen and oxygen atoms in total. The average molecular weight is 389 g/mol. The second kappa shape index (κ2) is 6.83. The number of likely N-dealkylation sites (tertiary alicyclic amines) is 1. The average Bonchev–Trinajstić information content (AvgIpc) is 3.04. The van der Waals surface area contributed by atoms with E-state index < -0.39 is 11.5 Å². The molecule has 1 amide bonds. The van der Waals surface area contributed by atoms with Crippen molar-refractivity contribution in [1.29, 1.82) is 0 Å². The Morgan fingerprint density at radius 1 is 1.10 bits per heavy atom. The van der Waals surface area contributed by atoms with E-state index in [1.54, 1.807) is 28.0 Å². The van der Waals surface area contributed by atoms with E-state index in [0.29, 0.717) is 17.8 Å². The molecule has 0 unspecified atom stereocenters. The predicted molar refractivity (Wildman–Crippen MR) is 108 cm³/mol. The number of aliphatic hydroxyl groups is 2. The van der Waals surface area contributed by atoms with Crippen LogP contribution in [-0.2, 0) is 0 Å². The van der Waals surface area contributed by atoms with Gasteiger partial charge in [0.2, 0.25) is 0 Å². The van der Waals surface area contributed by atoms with E-state index in [4.69, 9.17) is 0 Å². The van der Waals surface area contributed by atoms with Gasteiger partial charge in [0.15, 0.2) is 0 Å². The fourth-order valence-corrected chi connectivity index (χ4v) is 5.16. The third-order valence-corrected chi connectivity index (χ3v) is 6.57. The number of β-amino-alcohol motifs (C(OH)–C–C–N with tert-alkyl or cyclic N) is 1. The molecule has 1 saturated carbocycles. The molecule has 2 N–H and O–H groups in total. The zero-order chi connectivity index (χ0) is 20.0. The molecule has 1 aliphatic carbocycles. The van der Waals surface area contributed by atoms with E-state index in [2.05, 4.69) is 5.10 Å². The van der Waals surface area contributed by atoms with E-state index in [9.17, 15) is 15.0 Å². The summed E-state index contributed by atoms with van der Waals surface area (Å²) in [5.41, 5.74) is 1.90. The highest BCUT2D eigenvalue weighted by atomic mass is 16.3. The number of nitrogens with zero attached hydrogens (tertiary/aromatic N) is 3. The molecule has 4 atom stereocenters. The maximum absolute atomic E-state index is 13.4. The summed E-state index contributed by atoms with van der Waals surface area (Å²) < 4.78 is 1.68. The van der Waals surface area contributed by atoms with Gasteiger partial charge in [-0.2, -0.15) is 5.10 Å². The standard InChI is InChI=1S/C23H23N3O3/c27-14-18-21(16-7-2-1-3-8-16)23(18)15-25(13-20(23)28)22(29)17-9-4-5-10-19(17)26-12-6-11-24-26/h1-12,18,20-21,27-28H,13-15H2/t18-,20+,21-,23-/m1/s1.